The zero-order valence-electron chi connectivity index (χ0n) is 16.8. The third-order valence-corrected chi connectivity index (χ3v) is 5.73. The van der Waals surface area contributed by atoms with E-state index in [1.165, 1.54) is 5.56 Å². The molecular formula is C22H33NO3. The molecule has 4 heteroatoms. The standard InChI is InChI=1S/C22H33NO3/c1-15(2)16-9-11-17(12-10-16)22(25)13-18-7-6-8-19(14-22)23(18)20(24)26-21(3,4)5/h9-12,15,18-19,25H,6-8,13-14H2,1-5H3. The van der Waals surface area contributed by atoms with E-state index < -0.39 is 11.2 Å². The molecule has 0 aromatic heterocycles. The summed E-state index contributed by atoms with van der Waals surface area (Å²) in [7, 11) is 0. The highest BCUT2D eigenvalue weighted by Crippen LogP contribution is 2.45. The number of amides is 1. The van der Waals surface area contributed by atoms with Gasteiger partial charge in [-0.1, -0.05) is 38.1 Å². The van der Waals surface area contributed by atoms with Crippen molar-refractivity contribution >= 4 is 6.09 Å². The molecule has 0 radical (unpaired) electrons. The van der Waals surface area contributed by atoms with E-state index in [0.717, 1.165) is 24.8 Å². The normalized spacial score (nSPS) is 29.0. The summed E-state index contributed by atoms with van der Waals surface area (Å²) < 4.78 is 5.63. The fourth-order valence-corrected chi connectivity index (χ4v) is 4.46. The lowest BCUT2D eigenvalue weighted by atomic mass is 9.72. The molecule has 1 N–H and O–H groups in total. The Hall–Kier alpha value is -1.55. The van der Waals surface area contributed by atoms with Crippen molar-refractivity contribution < 1.29 is 14.6 Å². The van der Waals surface area contributed by atoms with Gasteiger partial charge in [0.1, 0.15) is 5.60 Å². The van der Waals surface area contributed by atoms with E-state index in [1.54, 1.807) is 0 Å². The number of nitrogens with zero attached hydrogens (tertiary/aromatic N) is 1. The molecule has 2 atom stereocenters. The quantitative estimate of drug-likeness (QED) is 0.813. The molecule has 2 saturated heterocycles. The van der Waals surface area contributed by atoms with Crippen molar-refractivity contribution in [1.29, 1.82) is 0 Å². The van der Waals surface area contributed by atoms with Crippen LogP contribution in [0.4, 0.5) is 4.79 Å². The van der Waals surface area contributed by atoms with Crippen LogP contribution in [0.15, 0.2) is 24.3 Å². The van der Waals surface area contributed by atoms with E-state index in [2.05, 4.69) is 38.1 Å². The number of carbonyl (C=O) groups excluding carboxylic acids is 1. The predicted octanol–water partition coefficient (Wildman–Crippen LogP) is 4.95. The van der Waals surface area contributed by atoms with Crippen LogP contribution in [-0.4, -0.2) is 33.8 Å². The molecule has 2 fully saturated rings. The first-order valence-electron chi connectivity index (χ1n) is 9.93. The van der Waals surface area contributed by atoms with Gasteiger partial charge in [0.2, 0.25) is 0 Å². The molecule has 1 aromatic rings. The van der Waals surface area contributed by atoms with Gasteiger partial charge in [-0.15, -0.1) is 0 Å². The second-order valence-electron chi connectivity index (χ2n) is 9.34. The Kier molecular flexibility index (Phi) is 5.08. The second kappa shape index (κ2) is 6.88. The smallest absolute Gasteiger partial charge is 0.410 e. The summed E-state index contributed by atoms with van der Waals surface area (Å²) in [5, 5.41) is 11.4. The molecule has 2 heterocycles. The van der Waals surface area contributed by atoms with Crippen LogP contribution < -0.4 is 0 Å². The Morgan fingerprint density at radius 1 is 1.15 bits per heavy atom. The van der Waals surface area contributed by atoms with Gasteiger partial charge in [-0.25, -0.2) is 4.79 Å². The average Bonchev–Trinajstić information content (AvgIpc) is 2.52. The van der Waals surface area contributed by atoms with Crippen LogP contribution >= 0.6 is 0 Å². The highest BCUT2D eigenvalue weighted by molar-refractivity contribution is 5.69. The van der Waals surface area contributed by atoms with Crippen LogP contribution in [0.2, 0.25) is 0 Å². The summed E-state index contributed by atoms with van der Waals surface area (Å²) >= 11 is 0. The molecule has 0 spiro atoms. The topological polar surface area (TPSA) is 49.8 Å². The fourth-order valence-electron chi connectivity index (χ4n) is 4.46. The summed E-state index contributed by atoms with van der Waals surface area (Å²) in [6.07, 6.45) is 3.92. The van der Waals surface area contributed by atoms with Crippen LogP contribution in [0.3, 0.4) is 0 Å². The molecule has 0 aliphatic carbocycles. The van der Waals surface area contributed by atoms with Gasteiger partial charge in [0, 0.05) is 24.9 Å². The Bertz CT molecular complexity index is 630. The van der Waals surface area contributed by atoms with E-state index in [4.69, 9.17) is 4.74 Å². The Labute approximate surface area is 157 Å². The largest absolute Gasteiger partial charge is 0.444 e. The molecule has 144 valence electrons. The number of benzene rings is 1. The highest BCUT2D eigenvalue weighted by atomic mass is 16.6. The molecule has 2 bridgehead atoms. The van der Waals surface area contributed by atoms with Crippen LogP contribution in [0, 0.1) is 0 Å². The van der Waals surface area contributed by atoms with Gasteiger partial charge in [-0.3, -0.25) is 0 Å². The second-order valence-corrected chi connectivity index (χ2v) is 9.34. The van der Waals surface area contributed by atoms with Crippen molar-refractivity contribution in [3.63, 3.8) is 0 Å². The molecule has 0 saturated carbocycles. The van der Waals surface area contributed by atoms with E-state index in [9.17, 15) is 9.90 Å². The Balaban J connectivity index is 1.81. The van der Waals surface area contributed by atoms with Crippen LogP contribution in [0.1, 0.15) is 83.8 Å². The van der Waals surface area contributed by atoms with Crippen LogP contribution in [0.25, 0.3) is 0 Å². The zero-order valence-corrected chi connectivity index (χ0v) is 16.8. The van der Waals surface area contributed by atoms with Crippen molar-refractivity contribution in [2.75, 3.05) is 0 Å². The summed E-state index contributed by atoms with van der Waals surface area (Å²) in [6, 6.07) is 8.46. The summed E-state index contributed by atoms with van der Waals surface area (Å²) in [5.41, 5.74) is 0.904. The lowest BCUT2D eigenvalue weighted by Crippen LogP contribution is -2.59. The van der Waals surface area contributed by atoms with E-state index >= 15 is 0 Å². The van der Waals surface area contributed by atoms with Gasteiger partial charge in [-0.05, 0) is 57.1 Å². The fraction of sp³-hybridized carbons (Fsp3) is 0.682. The Morgan fingerprint density at radius 3 is 2.15 bits per heavy atom. The van der Waals surface area contributed by atoms with Crippen molar-refractivity contribution in [3.05, 3.63) is 35.4 Å². The number of piperidine rings is 2. The van der Waals surface area contributed by atoms with Crippen molar-refractivity contribution in [1.82, 2.24) is 4.90 Å². The van der Waals surface area contributed by atoms with Crippen molar-refractivity contribution in [2.24, 2.45) is 0 Å². The first-order chi connectivity index (χ1) is 12.1. The number of hydrogen-bond acceptors (Lipinski definition) is 3. The molecule has 2 unspecified atom stereocenters. The number of carbonyl (C=O) groups is 1. The predicted molar refractivity (Wildman–Crippen MR) is 103 cm³/mol. The zero-order chi connectivity index (χ0) is 19.1. The number of rotatable bonds is 2. The van der Waals surface area contributed by atoms with Gasteiger partial charge in [0.25, 0.3) is 0 Å². The van der Waals surface area contributed by atoms with Crippen LogP contribution in [0.5, 0.6) is 0 Å². The molecule has 4 nitrogen and oxygen atoms in total. The maximum atomic E-state index is 12.7. The average molecular weight is 360 g/mol. The SMILES string of the molecule is CC(C)c1ccc(C2(O)CC3CCCC(C2)N3C(=O)OC(C)(C)C)cc1. The lowest BCUT2D eigenvalue weighted by Gasteiger charge is -2.51. The molecule has 2 aliphatic heterocycles. The first kappa shape index (κ1) is 19.2. The minimum atomic E-state index is -0.857. The minimum absolute atomic E-state index is 0.0483. The summed E-state index contributed by atoms with van der Waals surface area (Å²) in [5.74, 6) is 0.479. The molecule has 3 rings (SSSR count). The monoisotopic (exact) mass is 359 g/mol. The first-order valence-corrected chi connectivity index (χ1v) is 9.93. The van der Waals surface area contributed by atoms with E-state index in [0.29, 0.717) is 18.8 Å². The number of hydrogen-bond donors (Lipinski definition) is 1. The molecule has 26 heavy (non-hydrogen) atoms. The van der Waals surface area contributed by atoms with E-state index in [1.807, 2.05) is 25.7 Å². The molecular weight excluding hydrogens is 326 g/mol. The van der Waals surface area contributed by atoms with E-state index in [-0.39, 0.29) is 18.2 Å². The highest BCUT2D eigenvalue weighted by Gasteiger charge is 2.49. The minimum Gasteiger partial charge on any atom is -0.444 e. The maximum Gasteiger partial charge on any atom is 0.410 e. The van der Waals surface area contributed by atoms with Gasteiger partial charge in [0.05, 0.1) is 5.60 Å². The summed E-state index contributed by atoms with van der Waals surface area (Å²) in [4.78, 5) is 14.6. The maximum absolute atomic E-state index is 12.7. The van der Waals surface area contributed by atoms with Gasteiger partial charge in [-0.2, -0.15) is 0 Å². The third kappa shape index (κ3) is 3.90. The van der Waals surface area contributed by atoms with Crippen molar-refractivity contribution in [3.8, 4) is 0 Å². The third-order valence-electron chi connectivity index (χ3n) is 5.73. The van der Waals surface area contributed by atoms with Gasteiger partial charge in [0.15, 0.2) is 0 Å². The van der Waals surface area contributed by atoms with Gasteiger partial charge >= 0.3 is 6.09 Å². The Morgan fingerprint density at radius 2 is 1.69 bits per heavy atom. The summed E-state index contributed by atoms with van der Waals surface area (Å²) in [6.45, 7) is 10.0. The number of aliphatic hydroxyl groups is 1. The lowest BCUT2D eigenvalue weighted by molar-refractivity contribution is -0.0965. The molecule has 2 aliphatic rings. The van der Waals surface area contributed by atoms with Crippen LogP contribution in [-0.2, 0) is 10.3 Å². The number of ether oxygens (including phenoxy) is 1. The van der Waals surface area contributed by atoms with Crippen molar-refractivity contribution in [2.45, 2.75) is 95.9 Å². The van der Waals surface area contributed by atoms with Gasteiger partial charge < -0.3 is 14.7 Å². The molecule has 1 aromatic carbocycles. The molecule has 1 amide bonds. The number of fused-ring (bicyclic) bond motifs is 2.